The molecule has 102 valence electrons. The van der Waals surface area contributed by atoms with Gasteiger partial charge in [0.05, 0.1) is 0 Å². The second kappa shape index (κ2) is 6.95. The molecule has 0 aliphatic rings. The van der Waals surface area contributed by atoms with Crippen LogP contribution in [0.5, 0.6) is 0 Å². The quantitative estimate of drug-likeness (QED) is 0.816. The van der Waals surface area contributed by atoms with Crippen molar-refractivity contribution in [3.05, 3.63) is 40.4 Å². The Morgan fingerprint density at radius 2 is 2.16 bits per heavy atom. The lowest BCUT2D eigenvalue weighted by atomic mass is 10.1. The molecule has 0 unspecified atom stereocenters. The zero-order valence-electron chi connectivity index (χ0n) is 10.8. The number of halogens is 1. The molecule has 0 spiro atoms. The molecule has 0 saturated carbocycles. The fourth-order valence-corrected chi connectivity index (χ4v) is 1.63. The van der Waals surface area contributed by atoms with Crippen molar-refractivity contribution in [3.8, 4) is 0 Å². The van der Waals surface area contributed by atoms with E-state index in [4.69, 9.17) is 16.7 Å². The molecule has 0 aliphatic heterocycles. The maximum absolute atomic E-state index is 11.5. The fourth-order valence-electron chi connectivity index (χ4n) is 1.44. The first kappa shape index (κ1) is 15.2. The Morgan fingerprint density at radius 3 is 2.68 bits per heavy atom. The summed E-state index contributed by atoms with van der Waals surface area (Å²) in [5.74, 6) is -1.48. The van der Waals surface area contributed by atoms with E-state index in [9.17, 15) is 9.59 Å². The average Bonchev–Trinajstić information content (AvgIpc) is 2.37. The van der Waals surface area contributed by atoms with E-state index in [1.807, 2.05) is 19.1 Å². The van der Waals surface area contributed by atoms with E-state index in [0.29, 0.717) is 11.4 Å². The predicted molar refractivity (Wildman–Crippen MR) is 75.1 cm³/mol. The molecule has 19 heavy (non-hydrogen) atoms. The van der Waals surface area contributed by atoms with Gasteiger partial charge in [0.2, 0.25) is 5.91 Å². The third-order valence-electron chi connectivity index (χ3n) is 2.65. The van der Waals surface area contributed by atoms with Crippen molar-refractivity contribution >= 4 is 29.6 Å². The topological polar surface area (TPSA) is 66.4 Å². The molecular formula is C14H16ClNO3. The maximum atomic E-state index is 11.5. The number of carboxylic acids is 1. The average molecular weight is 282 g/mol. The molecule has 0 aromatic heterocycles. The van der Waals surface area contributed by atoms with Crippen molar-refractivity contribution in [2.24, 2.45) is 0 Å². The second-order valence-corrected chi connectivity index (χ2v) is 4.56. The minimum atomic E-state index is -1.04. The first-order chi connectivity index (χ1) is 8.93. The molecule has 1 aromatic rings. The first-order valence-electron chi connectivity index (χ1n) is 5.91. The standard InChI is InChI=1S/C14H16ClNO3/c1-3-12(14(18)19)16-13(17)7-6-10-5-4-9(2)11(15)8-10/h4-8,12H,3H2,1-2H3,(H,16,17)(H,18,19)/b7-6+/t12-/m0/s1. The summed E-state index contributed by atoms with van der Waals surface area (Å²) in [6, 6.07) is 4.57. The largest absolute Gasteiger partial charge is 0.480 e. The summed E-state index contributed by atoms with van der Waals surface area (Å²) in [5, 5.41) is 11.8. The highest BCUT2D eigenvalue weighted by Crippen LogP contribution is 2.17. The van der Waals surface area contributed by atoms with Crippen LogP contribution < -0.4 is 5.32 Å². The van der Waals surface area contributed by atoms with E-state index in [1.165, 1.54) is 6.08 Å². The third-order valence-corrected chi connectivity index (χ3v) is 3.05. The summed E-state index contributed by atoms with van der Waals surface area (Å²) in [5.41, 5.74) is 1.74. The Kier molecular flexibility index (Phi) is 5.57. The van der Waals surface area contributed by atoms with Crippen molar-refractivity contribution in [3.63, 3.8) is 0 Å². The van der Waals surface area contributed by atoms with Crippen molar-refractivity contribution in [2.45, 2.75) is 26.3 Å². The van der Waals surface area contributed by atoms with E-state index in [1.54, 1.807) is 19.1 Å². The molecule has 1 amide bonds. The normalized spacial score (nSPS) is 12.4. The highest BCUT2D eigenvalue weighted by molar-refractivity contribution is 6.31. The van der Waals surface area contributed by atoms with Gasteiger partial charge >= 0.3 is 5.97 Å². The molecule has 0 aliphatic carbocycles. The summed E-state index contributed by atoms with van der Waals surface area (Å²) >= 11 is 5.97. The van der Waals surface area contributed by atoms with Crippen LogP contribution in [0.1, 0.15) is 24.5 Å². The smallest absolute Gasteiger partial charge is 0.326 e. The third kappa shape index (κ3) is 4.75. The van der Waals surface area contributed by atoms with Crippen LogP contribution >= 0.6 is 11.6 Å². The van der Waals surface area contributed by atoms with Gasteiger partial charge in [0.1, 0.15) is 6.04 Å². The first-order valence-corrected chi connectivity index (χ1v) is 6.29. The molecule has 1 rings (SSSR count). The summed E-state index contributed by atoms with van der Waals surface area (Å²) in [4.78, 5) is 22.3. The van der Waals surface area contributed by atoms with Crippen LogP contribution in [0.3, 0.4) is 0 Å². The number of amides is 1. The van der Waals surface area contributed by atoms with Gasteiger partial charge in [-0.3, -0.25) is 4.79 Å². The van der Waals surface area contributed by atoms with Gasteiger partial charge in [-0.2, -0.15) is 0 Å². The van der Waals surface area contributed by atoms with E-state index in [0.717, 1.165) is 11.1 Å². The minimum Gasteiger partial charge on any atom is -0.480 e. The maximum Gasteiger partial charge on any atom is 0.326 e. The van der Waals surface area contributed by atoms with Gasteiger partial charge in [-0.15, -0.1) is 0 Å². The van der Waals surface area contributed by atoms with Crippen LogP contribution in [-0.4, -0.2) is 23.0 Å². The van der Waals surface area contributed by atoms with Crippen molar-refractivity contribution in [2.75, 3.05) is 0 Å². The van der Waals surface area contributed by atoms with E-state index >= 15 is 0 Å². The number of aliphatic carboxylic acids is 1. The summed E-state index contributed by atoms with van der Waals surface area (Å²) in [6.07, 6.45) is 3.23. The SMILES string of the molecule is CC[C@H](NC(=O)/C=C/c1ccc(C)c(Cl)c1)C(=O)O. The second-order valence-electron chi connectivity index (χ2n) is 4.15. The fraction of sp³-hybridized carbons (Fsp3) is 0.286. The molecule has 1 atom stereocenters. The van der Waals surface area contributed by atoms with E-state index < -0.39 is 17.9 Å². The van der Waals surface area contributed by atoms with Crippen molar-refractivity contribution in [1.29, 1.82) is 0 Å². The van der Waals surface area contributed by atoms with Crippen molar-refractivity contribution in [1.82, 2.24) is 5.32 Å². The molecule has 2 N–H and O–H groups in total. The molecule has 0 radical (unpaired) electrons. The number of hydrogen-bond acceptors (Lipinski definition) is 2. The zero-order chi connectivity index (χ0) is 14.4. The number of carbonyl (C=O) groups is 2. The number of rotatable bonds is 5. The number of carboxylic acid groups (broad SMARTS) is 1. The monoisotopic (exact) mass is 281 g/mol. The Morgan fingerprint density at radius 1 is 1.47 bits per heavy atom. The van der Waals surface area contributed by atoms with Gasteiger partial charge in [0.25, 0.3) is 0 Å². The van der Waals surface area contributed by atoms with Crippen LogP contribution in [0.15, 0.2) is 24.3 Å². The number of carbonyl (C=O) groups excluding carboxylic acids is 1. The summed E-state index contributed by atoms with van der Waals surface area (Å²) in [6.45, 7) is 3.59. The van der Waals surface area contributed by atoms with Gasteiger partial charge in [0.15, 0.2) is 0 Å². The highest BCUT2D eigenvalue weighted by atomic mass is 35.5. The van der Waals surface area contributed by atoms with E-state index in [-0.39, 0.29) is 0 Å². The molecule has 0 saturated heterocycles. The molecule has 4 nitrogen and oxygen atoms in total. The number of nitrogens with one attached hydrogen (secondary N) is 1. The van der Waals surface area contributed by atoms with Gasteiger partial charge in [0, 0.05) is 11.1 Å². The molecule has 0 heterocycles. The Hall–Kier alpha value is -1.81. The van der Waals surface area contributed by atoms with Crippen LogP contribution in [0.4, 0.5) is 0 Å². The molecule has 5 heteroatoms. The Balaban J connectivity index is 2.68. The molecule has 0 bridgehead atoms. The lowest BCUT2D eigenvalue weighted by molar-refractivity contribution is -0.141. The van der Waals surface area contributed by atoms with Crippen molar-refractivity contribution < 1.29 is 14.7 Å². The predicted octanol–water partition coefficient (Wildman–Crippen LogP) is 2.64. The minimum absolute atomic E-state index is 0.339. The Labute approximate surface area is 117 Å². The van der Waals surface area contributed by atoms with Crippen LogP contribution in [0, 0.1) is 6.92 Å². The number of benzene rings is 1. The van der Waals surface area contributed by atoms with Crippen LogP contribution in [-0.2, 0) is 9.59 Å². The molecular weight excluding hydrogens is 266 g/mol. The van der Waals surface area contributed by atoms with Crippen LogP contribution in [0.2, 0.25) is 5.02 Å². The number of aryl methyl sites for hydroxylation is 1. The van der Waals surface area contributed by atoms with Gasteiger partial charge in [-0.05, 0) is 36.6 Å². The van der Waals surface area contributed by atoms with Gasteiger partial charge in [-0.25, -0.2) is 4.79 Å². The number of hydrogen-bond donors (Lipinski definition) is 2. The summed E-state index contributed by atoms with van der Waals surface area (Å²) < 4.78 is 0. The van der Waals surface area contributed by atoms with Crippen LogP contribution in [0.25, 0.3) is 6.08 Å². The molecule has 0 fully saturated rings. The lowest BCUT2D eigenvalue weighted by Crippen LogP contribution is -2.39. The lowest BCUT2D eigenvalue weighted by Gasteiger charge is -2.09. The molecule has 1 aromatic carbocycles. The Bertz CT molecular complexity index is 511. The summed E-state index contributed by atoms with van der Waals surface area (Å²) in [7, 11) is 0. The van der Waals surface area contributed by atoms with Gasteiger partial charge < -0.3 is 10.4 Å². The highest BCUT2D eigenvalue weighted by Gasteiger charge is 2.15. The zero-order valence-corrected chi connectivity index (χ0v) is 11.6. The van der Waals surface area contributed by atoms with Gasteiger partial charge in [-0.1, -0.05) is 30.7 Å². The van der Waals surface area contributed by atoms with E-state index in [2.05, 4.69) is 5.32 Å².